The molecule has 0 saturated carbocycles. The van der Waals surface area contributed by atoms with E-state index in [1.54, 1.807) is 0 Å². The fourth-order valence-corrected chi connectivity index (χ4v) is 1.78. The fourth-order valence-electron chi connectivity index (χ4n) is 1.78. The maximum absolute atomic E-state index is 12.0. The van der Waals surface area contributed by atoms with Crippen molar-refractivity contribution >= 4 is 11.9 Å². The lowest BCUT2D eigenvalue weighted by Crippen LogP contribution is -2.47. The molecular formula is C14H15N3O4. The Morgan fingerprint density at radius 2 is 1.95 bits per heavy atom. The molecule has 110 valence electrons. The molecule has 2 atom stereocenters. The molecule has 1 aromatic carbocycles. The first-order chi connectivity index (χ1) is 9.99. The summed E-state index contributed by atoms with van der Waals surface area (Å²) in [4.78, 5) is 22.9. The molecule has 0 spiro atoms. The van der Waals surface area contributed by atoms with Gasteiger partial charge >= 0.3 is 5.97 Å². The Hall–Kier alpha value is -2.67. The van der Waals surface area contributed by atoms with E-state index in [0.29, 0.717) is 0 Å². The number of aliphatic hydroxyl groups excluding tert-OH is 1. The highest BCUT2D eigenvalue weighted by atomic mass is 16.4. The van der Waals surface area contributed by atoms with Gasteiger partial charge in [-0.25, -0.2) is 9.48 Å². The van der Waals surface area contributed by atoms with Gasteiger partial charge in [-0.3, -0.25) is 4.79 Å². The van der Waals surface area contributed by atoms with E-state index in [9.17, 15) is 14.7 Å². The number of aliphatic carboxylic acids is 1. The fraction of sp³-hybridized carbons (Fsp3) is 0.214. The zero-order valence-electron chi connectivity index (χ0n) is 11.3. The molecule has 0 radical (unpaired) electrons. The third-order valence-corrected chi connectivity index (χ3v) is 2.90. The molecule has 0 unspecified atom stereocenters. The number of benzene rings is 1. The summed E-state index contributed by atoms with van der Waals surface area (Å²) >= 11 is 0. The van der Waals surface area contributed by atoms with Gasteiger partial charge in [0.05, 0.1) is 23.6 Å². The van der Waals surface area contributed by atoms with Gasteiger partial charge in [-0.15, -0.1) is 0 Å². The van der Waals surface area contributed by atoms with Crippen molar-refractivity contribution in [2.45, 2.75) is 19.1 Å². The van der Waals surface area contributed by atoms with Gasteiger partial charge in [0.25, 0.3) is 5.91 Å². The Kier molecular flexibility index (Phi) is 4.34. The predicted molar refractivity (Wildman–Crippen MR) is 74.1 cm³/mol. The van der Waals surface area contributed by atoms with Crippen LogP contribution in [0.3, 0.4) is 0 Å². The number of carboxylic acids is 1. The molecule has 7 heteroatoms. The molecule has 1 heterocycles. The second kappa shape index (κ2) is 6.19. The standard InChI is InChI=1S/C14H15N3O4/c1-9(18)12(14(20)21)16-13(19)10-7-15-17(8-10)11-5-3-2-4-6-11/h2-9,12,18H,1H3,(H,16,19)(H,20,21)/t9-,12+/m1/s1. The van der Waals surface area contributed by atoms with Gasteiger partial charge in [-0.05, 0) is 19.1 Å². The predicted octanol–water partition coefficient (Wildman–Crippen LogP) is 0.436. The molecule has 0 aliphatic rings. The van der Waals surface area contributed by atoms with Gasteiger partial charge in [-0.2, -0.15) is 5.10 Å². The molecule has 2 rings (SSSR count). The summed E-state index contributed by atoms with van der Waals surface area (Å²) < 4.78 is 1.51. The van der Waals surface area contributed by atoms with Gasteiger partial charge in [-0.1, -0.05) is 18.2 Å². The number of aromatic nitrogens is 2. The molecule has 0 saturated heterocycles. The number of amides is 1. The lowest BCUT2D eigenvalue weighted by molar-refractivity contribution is -0.141. The van der Waals surface area contributed by atoms with Crippen LogP contribution >= 0.6 is 0 Å². The number of carbonyl (C=O) groups excluding carboxylic acids is 1. The van der Waals surface area contributed by atoms with Crippen molar-refractivity contribution < 1.29 is 19.8 Å². The van der Waals surface area contributed by atoms with Crippen LogP contribution in [0.25, 0.3) is 5.69 Å². The second-order valence-electron chi connectivity index (χ2n) is 4.54. The smallest absolute Gasteiger partial charge is 0.328 e. The average molecular weight is 289 g/mol. The molecule has 21 heavy (non-hydrogen) atoms. The third-order valence-electron chi connectivity index (χ3n) is 2.90. The highest BCUT2D eigenvalue weighted by molar-refractivity contribution is 5.96. The Morgan fingerprint density at radius 1 is 1.29 bits per heavy atom. The molecule has 0 aliphatic heterocycles. The number of rotatable bonds is 5. The summed E-state index contributed by atoms with van der Waals surface area (Å²) in [5.41, 5.74) is 0.993. The minimum Gasteiger partial charge on any atom is -0.480 e. The normalized spacial score (nSPS) is 13.4. The van der Waals surface area contributed by atoms with Crippen molar-refractivity contribution in [2.24, 2.45) is 0 Å². The molecular weight excluding hydrogens is 274 g/mol. The maximum atomic E-state index is 12.0. The van der Waals surface area contributed by atoms with Crippen LogP contribution < -0.4 is 5.32 Å². The van der Waals surface area contributed by atoms with Crippen LogP contribution in [0.4, 0.5) is 0 Å². The van der Waals surface area contributed by atoms with E-state index in [2.05, 4.69) is 10.4 Å². The van der Waals surface area contributed by atoms with Crippen LogP contribution in [0.1, 0.15) is 17.3 Å². The summed E-state index contributed by atoms with van der Waals surface area (Å²) in [6.07, 6.45) is 1.63. The van der Waals surface area contributed by atoms with Crippen LogP contribution in [-0.2, 0) is 4.79 Å². The lowest BCUT2D eigenvalue weighted by atomic mass is 10.1. The molecule has 2 aromatic rings. The largest absolute Gasteiger partial charge is 0.480 e. The monoisotopic (exact) mass is 289 g/mol. The van der Waals surface area contributed by atoms with Gasteiger partial charge in [0.2, 0.25) is 0 Å². The molecule has 0 aliphatic carbocycles. The Morgan fingerprint density at radius 3 is 2.52 bits per heavy atom. The van der Waals surface area contributed by atoms with Crippen LogP contribution in [0.15, 0.2) is 42.7 Å². The van der Waals surface area contributed by atoms with E-state index in [-0.39, 0.29) is 5.56 Å². The number of para-hydroxylation sites is 1. The zero-order chi connectivity index (χ0) is 15.4. The van der Waals surface area contributed by atoms with E-state index >= 15 is 0 Å². The number of hydrogen-bond acceptors (Lipinski definition) is 4. The van der Waals surface area contributed by atoms with Crippen LogP contribution in [0.5, 0.6) is 0 Å². The van der Waals surface area contributed by atoms with Crippen molar-refractivity contribution in [1.29, 1.82) is 0 Å². The number of nitrogens with zero attached hydrogens (tertiary/aromatic N) is 2. The Bertz CT molecular complexity index is 637. The van der Waals surface area contributed by atoms with Gasteiger partial charge in [0.1, 0.15) is 0 Å². The highest BCUT2D eigenvalue weighted by Gasteiger charge is 2.25. The number of carboxylic acid groups (broad SMARTS) is 1. The average Bonchev–Trinajstić information content (AvgIpc) is 2.94. The van der Waals surface area contributed by atoms with Crippen molar-refractivity contribution in [3.05, 3.63) is 48.3 Å². The summed E-state index contributed by atoms with van der Waals surface area (Å²) in [6.45, 7) is 1.30. The maximum Gasteiger partial charge on any atom is 0.328 e. The topological polar surface area (TPSA) is 104 Å². The molecule has 1 amide bonds. The quantitative estimate of drug-likeness (QED) is 0.740. The number of carbonyl (C=O) groups is 2. The van der Waals surface area contributed by atoms with Crippen molar-refractivity contribution in [1.82, 2.24) is 15.1 Å². The van der Waals surface area contributed by atoms with Crippen molar-refractivity contribution in [3.8, 4) is 5.69 Å². The third kappa shape index (κ3) is 3.46. The Labute approximate surface area is 120 Å². The van der Waals surface area contributed by atoms with Crippen LogP contribution in [-0.4, -0.2) is 44.0 Å². The molecule has 0 bridgehead atoms. The summed E-state index contributed by atoms with van der Waals surface area (Å²) in [5.74, 6) is -1.90. The number of nitrogens with one attached hydrogen (secondary N) is 1. The number of hydrogen-bond donors (Lipinski definition) is 3. The lowest BCUT2D eigenvalue weighted by Gasteiger charge is -2.16. The van der Waals surface area contributed by atoms with E-state index < -0.39 is 24.0 Å². The Balaban J connectivity index is 2.14. The molecule has 0 fully saturated rings. The van der Waals surface area contributed by atoms with Crippen LogP contribution in [0, 0.1) is 0 Å². The van der Waals surface area contributed by atoms with Crippen molar-refractivity contribution in [3.63, 3.8) is 0 Å². The summed E-state index contributed by atoms with van der Waals surface area (Å²) in [6, 6.07) is 7.82. The van der Waals surface area contributed by atoms with E-state index in [0.717, 1.165) is 5.69 Å². The van der Waals surface area contributed by atoms with E-state index in [4.69, 9.17) is 5.11 Å². The first-order valence-corrected chi connectivity index (χ1v) is 6.31. The minimum absolute atomic E-state index is 0.214. The highest BCUT2D eigenvalue weighted by Crippen LogP contribution is 2.08. The molecule has 1 aromatic heterocycles. The SMILES string of the molecule is C[C@@H](O)[C@H](NC(=O)c1cnn(-c2ccccc2)c1)C(=O)O. The summed E-state index contributed by atoms with van der Waals surface area (Å²) in [7, 11) is 0. The van der Waals surface area contributed by atoms with Gasteiger partial charge in [0, 0.05) is 6.20 Å². The number of aliphatic hydroxyl groups is 1. The first-order valence-electron chi connectivity index (χ1n) is 6.31. The van der Waals surface area contributed by atoms with Gasteiger partial charge < -0.3 is 15.5 Å². The van der Waals surface area contributed by atoms with E-state index in [1.165, 1.54) is 24.0 Å². The van der Waals surface area contributed by atoms with Crippen LogP contribution in [0.2, 0.25) is 0 Å². The molecule has 7 nitrogen and oxygen atoms in total. The molecule has 3 N–H and O–H groups in total. The minimum atomic E-state index is -1.36. The second-order valence-corrected chi connectivity index (χ2v) is 4.54. The first kappa shape index (κ1) is 14.7. The summed E-state index contributed by atoms with van der Waals surface area (Å²) in [5, 5.41) is 24.6. The van der Waals surface area contributed by atoms with E-state index in [1.807, 2.05) is 30.3 Å². The van der Waals surface area contributed by atoms with Gasteiger partial charge in [0.15, 0.2) is 6.04 Å². The zero-order valence-corrected chi connectivity index (χ0v) is 11.3. The van der Waals surface area contributed by atoms with Crippen molar-refractivity contribution in [2.75, 3.05) is 0 Å².